The molecule has 0 aliphatic rings. The molecule has 0 amide bonds. The van der Waals surface area contributed by atoms with E-state index in [1.807, 2.05) is 19.9 Å². The molecule has 0 heterocycles. The van der Waals surface area contributed by atoms with E-state index in [0.717, 1.165) is 5.56 Å². The number of benzene rings is 1. The molecule has 1 rings (SSSR count). The van der Waals surface area contributed by atoms with E-state index in [-0.39, 0.29) is 5.78 Å². The molecule has 0 radical (unpaired) electrons. The average molecular weight is 275 g/mol. The SMILES string of the molecule is COC(C)(C)CC(=O)Cc1ccc(Cl)c(Cl)c1. The number of methoxy groups -OCH3 is 1. The molecular formula is C13H16Cl2O2. The van der Waals surface area contributed by atoms with E-state index in [0.29, 0.717) is 22.9 Å². The summed E-state index contributed by atoms with van der Waals surface area (Å²) in [4.78, 5) is 11.8. The molecule has 0 saturated carbocycles. The van der Waals surface area contributed by atoms with E-state index in [4.69, 9.17) is 27.9 Å². The Morgan fingerprint density at radius 1 is 1.29 bits per heavy atom. The Balaban J connectivity index is 2.65. The van der Waals surface area contributed by atoms with E-state index in [1.165, 1.54) is 0 Å². The van der Waals surface area contributed by atoms with Gasteiger partial charge < -0.3 is 4.74 Å². The Hall–Kier alpha value is -0.570. The van der Waals surface area contributed by atoms with Gasteiger partial charge in [0.05, 0.1) is 15.6 Å². The summed E-state index contributed by atoms with van der Waals surface area (Å²) in [6, 6.07) is 5.24. The third-order valence-electron chi connectivity index (χ3n) is 2.56. The monoisotopic (exact) mass is 274 g/mol. The molecule has 0 atom stereocenters. The number of carbonyl (C=O) groups excluding carboxylic acids is 1. The Morgan fingerprint density at radius 3 is 2.47 bits per heavy atom. The highest BCUT2D eigenvalue weighted by atomic mass is 35.5. The molecule has 17 heavy (non-hydrogen) atoms. The van der Waals surface area contributed by atoms with E-state index in [2.05, 4.69) is 0 Å². The summed E-state index contributed by atoms with van der Waals surface area (Å²) in [5.74, 6) is 0.121. The van der Waals surface area contributed by atoms with Gasteiger partial charge >= 0.3 is 0 Å². The summed E-state index contributed by atoms with van der Waals surface area (Å²) >= 11 is 11.7. The maximum absolute atomic E-state index is 11.8. The summed E-state index contributed by atoms with van der Waals surface area (Å²) in [6.45, 7) is 3.78. The predicted octanol–water partition coefficient (Wildman–Crippen LogP) is 3.92. The Kier molecular flexibility index (Phi) is 4.99. The number of halogens is 2. The molecule has 0 saturated heterocycles. The van der Waals surface area contributed by atoms with Gasteiger partial charge in [-0.3, -0.25) is 4.79 Å². The van der Waals surface area contributed by atoms with E-state index >= 15 is 0 Å². The lowest BCUT2D eigenvalue weighted by Crippen LogP contribution is -2.27. The minimum atomic E-state index is -0.423. The van der Waals surface area contributed by atoms with Crippen LogP contribution in [0.5, 0.6) is 0 Å². The van der Waals surface area contributed by atoms with E-state index in [1.54, 1.807) is 19.2 Å². The van der Waals surface area contributed by atoms with Crippen molar-refractivity contribution in [2.45, 2.75) is 32.3 Å². The molecule has 2 nitrogen and oxygen atoms in total. The maximum atomic E-state index is 11.8. The van der Waals surface area contributed by atoms with Crippen molar-refractivity contribution in [1.29, 1.82) is 0 Å². The predicted molar refractivity (Wildman–Crippen MR) is 70.9 cm³/mol. The van der Waals surface area contributed by atoms with Crippen LogP contribution in [0.2, 0.25) is 10.0 Å². The standard InChI is InChI=1S/C13H16Cl2O2/c1-13(2,17-3)8-10(16)6-9-4-5-11(14)12(15)7-9/h4-5,7H,6,8H2,1-3H3. The van der Waals surface area contributed by atoms with Gasteiger partial charge in [0, 0.05) is 20.0 Å². The summed E-state index contributed by atoms with van der Waals surface area (Å²) in [6.07, 6.45) is 0.730. The molecule has 94 valence electrons. The molecule has 0 aromatic heterocycles. The van der Waals surface area contributed by atoms with Gasteiger partial charge in [-0.25, -0.2) is 0 Å². The van der Waals surface area contributed by atoms with Crippen molar-refractivity contribution in [2.75, 3.05) is 7.11 Å². The normalized spacial score (nSPS) is 11.6. The fourth-order valence-corrected chi connectivity index (χ4v) is 1.81. The highest BCUT2D eigenvalue weighted by molar-refractivity contribution is 6.42. The first-order valence-corrected chi connectivity index (χ1v) is 6.10. The third kappa shape index (κ3) is 4.66. The molecule has 0 N–H and O–H groups in total. The number of rotatable bonds is 5. The number of ether oxygens (including phenoxy) is 1. The lowest BCUT2D eigenvalue weighted by Gasteiger charge is -2.21. The minimum absolute atomic E-state index is 0.121. The quantitative estimate of drug-likeness (QED) is 0.814. The van der Waals surface area contributed by atoms with Crippen LogP contribution in [0.3, 0.4) is 0 Å². The van der Waals surface area contributed by atoms with Crippen molar-refractivity contribution >= 4 is 29.0 Å². The molecule has 1 aromatic rings. The zero-order chi connectivity index (χ0) is 13.1. The third-order valence-corrected chi connectivity index (χ3v) is 3.30. The topological polar surface area (TPSA) is 26.3 Å². The average Bonchev–Trinajstić information content (AvgIpc) is 2.23. The van der Waals surface area contributed by atoms with Gasteiger partial charge in [-0.2, -0.15) is 0 Å². The molecule has 0 spiro atoms. The summed E-state index contributed by atoms with van der Waals surface area (Å²) in [7, 11) is 1.60. The number of Topliss-reactive ketones (excluding diaryl/α,β-unsaturated/α-hetero) is 1. The maximum Gasteiger partial charge on any atom is 0.140 e. The first-order valence-electron chi connectivity index (χ1n) is 5.35. The van der Waals surface area contributed by atoms with Gasteiger partial charge in [0.1, 0.15) is 5.78 Å². The number of carbonyl (C=O) groups is 1. The van der Waals surface area contributed by atoms with Crippen LogP contribution >= 0.6 is 23.2 Å². The van der Waals surface area contributed by atoms with Crippen LogP contribution in [0.1, 0.15) is 25.8 Å². The molecule has 0 aliphatic carbocycles. The fraction of sp³-hybridized carbons (Fsp3) is 0.462. The zero-order valence-electron chi connectivity index (χ0n) is 10.2. The van der Waals surface area contributed by atoms with Crippen molar-refractivity contribution in [2.24, 2.45) is 0 Å². The van der Waals surface area contributed by atoms with Gasteiger partial charge in [0.15, 0.2) is 0 Å². The van der Waals surface area contributed by atoms with Gasteiger partial charge in [-0.05, 0) is 31.5 Å². The van der Waals surface area contributed by atoms with E-state index in [9.17, 15) is 4.79 Å². The number of hydrogen-bond acceptors (Lipinski definition) is 2. The van der Waals surface area contributed by atoms with Crippen LogP contribution in [0.4, 0.5) is 0 Å². The smallest absolute Gasteiger partial charge is 0.140 e. The molecule has 1 aromatic carbocycles. The molecule has 4 heteroatoms. The Bertz CT molecular complexity index is 414. The zero-order valence-corrected chi connectivity index (χ0v) is 11.7. The van der Waals surface area contributed by atoms with E-state index < -0.39 is 5.60 Å². The van der Waals surface area contributed by atoms with Gasteiger partial charge in [0.25, 0.3) is 0 Å². The highest BCUT2D eigenvalue weighted by Crippen LogP contribution is 2.23. The molecule has 0 aliphatic heterocycles. The highest BCUT2D eigenvalue weighted by Gasteiger charge is 2.21. The summed E-state index contributed by atoms with van der Waals surface area (Å²) < 4.78 is 5.22. The molecule has 0 bridgehead atoms. The number of ketones is 1. The van der Waals surface area contributed by atoms with Crippen molar-refractivity contribution in [3.63, 3.8) is 0 Å². The van der Waals surface area contributed by atoms with Crippen LogP contribution in [-0.2, 0) is 16.0 Å². The Morgan fingerprint density at radius 2 is 1.94 bits per heavy atom. The molecular weight excluding hydrogens is 259 g/mol. The second-order valence-electron chi connectivity index (χ2n) is 4.60. The van der Waals surface area contributed by atoms with Crippen LogP contribution in [-0.4, -0.2) is 18.5 Å². The van der Waals surface area contributed by atoms with Crippen molar-refractivity contribution in [1.82, 2.24) is 0 Å². The molecule has 0 unspecified atom stereocenters. The van der Waals surface area contributed by atoms with Gasteiger partial charge in [0.2, 0.25) is 0 Å². The summed E-state index contributed by atoms with van der Waals surface area (Å²) in [5, 5.41) is 0.975. The van der Waals surface area contributed by atoms with Gasteiger partial charge in [-0.15, -0.1) is 0 Å². The lowest BCUT2D eigenvalue weighted by molar-refractivity contribution is -0.123. The van der Waals surface area contributed by atoms with Crippen LogP contribution in [0, 0.1) is 0 Å². The fourth-order valence-electron chi connectivity index (χ4n) is 1.49. The van der Waals surface area contributed by atoms with Crippen LogP contribution < -0.4 is 0 Å². The van der Waals surface area contributed by atoms with Gasteiger partial charge in [-0.1, -0.05) is 29.3 Å². The Labute approximate surface area is 112 Å². The first kappa shape index (κ1) is 14.5. The second-order valence-corrected chi connectivity index (χ2v) is 5.42. The largest absolute Gasteiger partial charge is 0.378 e. The van der Waals surface area contributed by atoms with Crippen molar-refractivity contribution in [3.05, 3.63) is 33.8 Å². The number of hydrogen-bond donors (Lipinski definition) is 0. The molecule has 0 fully saturated rings. The van der Waals surface area contributed by atoms with Crippen molar-refractivity contribution in [3.8, 4) is 0 Å². The summed E-state index contributed by atoms with van der Waals surface area (Å²) in [5.41, 5.74) is 0.448. The van der Waals surface area contributed by atoms with Crippen molar-refractivity contribution < 1.29 is 9.53 Å². The minimum Gasteiger partial charge on any atom is -0.378 e. The first-order chi connectivity index (χ1) is 7.84. The lowest BCUT2D eigenvalue weighted by atomic mass is 9.97. The second kappa shape index (κ2) is 5.85. The van der Waals surface area contributed by atoms with Crippen LogP contribution in [0.25, 0.3) is 0 Å². The van der Waals surface area contributed by atoms with Crippen LogP contribution in [0.15, 0.2) is 18.2 Å².